The first-order chi connectivity index (χ1) is 9.34. The Kier molecular flexibility index (Phi) is 5.69. The minimum atomic E-state index is -3.75. The number of nitrogens with zero attached hydrogens (tertiary/aromatic N) is 1. The van der Waals surface area contributed by atoms with Crippen LogP contribution in [0.2, 0.25) is 0 Å². The van der Waals surface area contributed by atoms with Crippen LogP contribution in [0, 0.1) is 17.7 Å². The summed E-state index contributed by atoms with van der Waals surface area (Å²) in [7, 11) is -2.26. The van der Waals surface area contributed by atoms with Gasteiger partial charge in [0.2, 0.25) is 10.0 Å². The van der Waals surface area contributed by atoms with Crippen LogP contribution in [0.3, 0.4) is 0 Å². The Morgan fingerprint density at radius 1 is 1.45 bits per heavy atom. The third-order valence-corrected chi connectivity index (χ3v) is 5.14. The topological polar surface area (TPSA) is 57.6 Å². The van der Waals surface area contributed by atoms with E-state index in [1.54, 1.807) is 6.92 Å². The summed E-state index contributed by atoms with van der Waals surface area (Å²) in [6.45, 7) is 3.26. The Balaban J connectivity index is 3.38. The molecule has 1 unspecified atom stereocenters. The van der Waals surface area contributed by atoms with Gasteiger partial charge in [0, 0.05) is 18.7 Å². The van der Waals surface area contributed by atoms with Crippen molar-refractivity contribution in [1.82, 2.24) is 4.31 Å². The monoisotopic (exact) mass is 299 g/mol. The minimum absolute atomic E-state index is 0.0502. The van der Waals surface area contributed by atoms with Crippen LogP contribution < -0.4 is 0 Å². The molecule has 0 amide bonds. The number of rotatable bonds is 4. The van der Waals surface area contributed by atoms with Gasteiger partial charge in [-0.3, -0.25) is 0 Å². The van der Waals surface area contributed by atoms with Gasteiger partial charge >= 0.3 is 0 Å². The highest BCUT2D eigenvalue weighted by atomic mass is 32.2. The summed E-state index contributed by atoms with van der Waals surface area (Å²) in [4.78, 5) is -0.0531. The first-order valence-electron chi connectivity index (χ1n) is 6.21. The zero-order valence-electron chi connectivity index (χ0n) is 11.7. The van der Waals surface area contributed by atoms with Crippen LogP contribution in [0.5, 0.6) is 0 Å². The van der Waals surface area contributed by atoms with Crippen molar-refractivity contribution in [1.29, 1.82) is 0 Å². The van der Waals surface area contributed by atoms with Crippen molar-refractivity contribution in [3.05, 3.63) is 29.6 Å². The molecule has 0 aliphatic rings. The van der Waals surface area contributed by atoms with Crippen molar-refractivity contribution in [2.24, 2.45) is 0 Å². The number of aliphatic hydroxyl groups excluding tert-OH is 1. The normalized spacial score (nSPS) is 12.9. The van der Waals surface area contributed by atoms with Crippen molar-refractivity contribution in [3.63, 3.8) is 0 Å². The number of hydrogen-bond donors (Lipinski definition) is 1. The molecule has 110 valence electrons. The molecule has 1 aromatic carbocycles. The molecular formula is C14H18FNO3S. The standard InChI is InChI=1S/C14H18FNO3S/c1-4-11(2)16(3)20(18,19)14-8-7-13(15)10-12(14)6-5-9-17/h7-8,10-11,17H,4,9H2,1-3H3. The zero-order valence-corrected chi connectivity index (χ0v) is 12.5. The average molecular weight is 299 g/mol. The van der Waals surface area contributed by atoms with Crippen LogP contribution in [-0.4, -0.2) is 37.5 Å². The molecule has 4 nitrogen and oxygen atoms in total. The highest BCUT2D eigenvalue weighted by molar-refractivity contribution is 7.89. The SMILES string of the molecule is CCC(C)N(C)S(=O)(=O)c1ccc(F)cc1C#CCO. The van der Waals surface area contributed by atoms with Gasteiger partial charge in [0.1, 0.15) is 12.4 Å². The van der Waals surface area contributed by atoms with Gasteiger partial charge in [-0.25, -0.2) is 12.8 Å². The summed E-state index contributed by atoms with van der Waals surface area (Å²) >= 11 is 0. The van der Waals surface area contributed by atoms with E-state index in [9.17, 15) is 12.8 Å². The lowest BCUT2D eigenvalue weighted by atomic mass is 10.2. The van der Waals surface area contributed by atoms with E-state index in [0.29, 0.717) is 6.42 Å². The van der Waals surface area contributed by atoms with E-state index in [-0.39, 0.29) is 16.5 Å². The molecule has 0 saturated heterocycles. The van der Waals surface area contributed by atoms with Gasteiger partial charge in [-0.05, 0) is 31.5 Å². The summed E-state index contributed by atoms with van der Waals surface area (Å²) in [6.07, 6.45) is 0.661. The van der Waals surface area contributed by atoms with Crippen LogP contribution in [-0.2, 0) is 10.0 Å². The molecule has 0 aliphatic carbocycles. The third-order valence-electron chi connectivity index (χ3n) is 3.11. The second-order valence-electron chi connectivity index (χ2n) is 4.38. The molecule has 0 fully saturated rings. The van der Waals surface area contributed by atoms with Crippen molar-refractivity contribution < 1.29 is 17.9 Å². The van der Waals surface area contributed by atoms with Crippen molar-refractivity contribution in [2.45, 2.75) is 31.2 Å². The zero-order chi connectivity index (χ0) is 15.3. The van der Waals surface area contributed by atoms with E-state index < -0.39 is 22.4 Å². The maximum Gasteiger partial charge on any atom is 0.244 e. The number of benzene rings is 1. The van der Waals surface area contributed by atoms with E-state index in [1.165, 1.54) is 17.4 Å². The van der Waals surface area contributed by atoms with E-state index in [2.05, 4.69) is 11.8 Å². The molecule has 0 saturated carbocycles. The number of sulfonamides is 1. The van der Waals surface area contributed by atoms with Gasteiger partial charge in [0.15, 0.2) is 0 Å². The van der Waals surface area contributed by atoms with Gasteiger partial charge in [0.25, 0.3) is 0 Å². The molecule has 0 radical (unpaired) electrons. The fourth-order valence-electron chi connectivity index (χ4n) is 1.61. The average Bonchev–Trinajstić information content (AvgIpc) is 2.43. The summed E-state index contributed by atoms with van der Waals surface area (Å²) in [5, 5.41) is 8.70. The van der Waals surface area contributed by atoms with Gasteiger partial charge in [-0.15, -0.1) is 0 Å². The van der Waals surface area contributed by atoms with E-state index >= 15 is 0 Å². The Bertz CT molecular complexity index is 632. The lowest BCUT2D eigenvalue weighted by Gasteiger charge is -2.23. The fraction of sp³-hybridized carbons (Fsp3) is 0.429. The van der Waals surface area contributed by atoms with E-state index in [0.717, 1.165) is 12.1 Å². The summed E-state index contributed by atoms with van der Waals surface area (Å²) in [5.74, 6) is 4.25. The summed E-state index contributed by atoms with van der Waals surface area (Å²) in [6, 6.07) is 3.16. The maximum absolute atomic E-state index is 13.2. The van der Waals surface area contributed by atoms with Gasteiger partial charge in [-0.1, -0.05) is 18.8 Å². The molecule has 20 heavy (non-hydrogen) atoms. The van der Waals surface area contributed by atoms with Gasteiger partial charge in [0.05, 0.1) is 4.90 Å². The largest absolute Gasteiger partial charge is 0.384 e. The highest BCUT2D eigenvalue weighted by Crippen LogP contribution is 2.22. The Labute approximate surface area is 119 Å². The lowest BCUT2D eigenvalue weighted by molar-refractivity contribution is 0.350. The molecule has 0 aromatic heterocycles. The Hall–Kier alpha value is -1.42. The van der Waals surface area contributed by atoms with Crippen LogP contribution in [0.4, 0.5) is 4.39 Å². The smallest absolute Gasteiger partial charge is 0.244 e. The van der Waals surface area contributed by atoms with E-state index in [1.807, 2.05) is 6.92 Å². The predicted molar refractivity (Wildman–Crippen MR) is 75.1 cm³/mol. The number of aliphatic hydroxyl groups is 1. The number of halogens is 1. The quantitative estimate of drug-likeness (QED) is 0.859. The molecule has 6 heteroatoms. The molecule has 1 N–H and O–H groups in total. The van der Waals surface area contributed by atoms with Crippen LogP contribution in [0.25, 0.3) is 0 Å². The first kappa shape index (κ1) is 16.6. The highest BCUT2D eigenvalue weighted by Gasteiger charge is 2.26. The fourth-order valence-corrected chi connectivity index (χ4v) is 3.17. The second-order valence-corrected chi connectivity index (χ2v) is 6.34. The minimum Gasteiger partial charge on any atom is -0.384 e. The molecule has 0 bridgehead atoms. The van der Waals surface area contributed by atoms with Crippen LogP contribution >= 0.6 is 0 Å². The summed E-state index contributed by atoms with van der Waals surface area (Å²) in [5.41, 5.74) is 0.0502. The Morgan fingerprint density at radius 2 is 2.10 bits per heavy atom. The first-order valence-corrected chi connectivity index (χ1v) is 7.66. The third kappa shape index (κ3) is 3.57. The Morgan fingerprint density at radius 3 is 2.65 bits per heavy atom. The van der Waals surface area contributed by atoms with Crippen molar-refractivity contribution in [2.75, 3.05) is 13.7 Å². The van der Waals surface area contributed by atoms with Crippen LogP contribution in [0.1, 0.15) is 25.8 Å². The van der Waals surface area contributed by atoms with Crippen molar-refractivity contribution in [3.8, 4) is 11.8 Å². The van der Waals surface area contributed by atoms with Gasteiger partial charge < -0.3 is 5.11 Å². The van der Waals surface area contributed by atoms with Gasteiger partial charge in [-0.2, -0.15) is 4.31 Å². The molecule has 0 heterocycles. The number of hydrogen-bond acceptors (Lipinski definition) is 3. The summed E-state index contributed by atoms with van der Waals surface area (Å²) < 4.78 is 39.5. The molecule has 0 aliphatic heterocycles. The predicted octanol–water partition coefficient (Wildman–Crippen LogP) is 1.59. The second kappa shape index (κ2) is 6.84. The van der Waals surface area contributed by atoms with Crippen LogP contribution in [0.15, 0.2) is 23.1 Å². The lowest BCUT2D eigenvalue weighted by Crippen LogP contribution is -2.35. The molecule has 0 spiro atoms. The molecule has 1 atom stereocenters. The maximum atomic E-state index is 13.2. The van der Waals surface area contributed by atoms with Crippen molar-refractivity contribution >= 4 is 10.0 Å². The molecular weight excluding hydrogens is 281 g/mol. The molecule has 1 rings (SSSR count). The molecule has 1 aromatic rings. The van der Waals surface area contributed by atoms with E-state index in [4.69, 9.17) is 5.11 Å².